The Morgan fingerprint density at radius 1 is 1.35 bits per heavy atom. The van der Waals surface area contributed by atoms with Gasteiger partial charge in [-0.15, -0.1) is 11.6 Å². The Labute approximate surface area is 108 Å². The molecule has 1 aromatic rings. The summed E-state index contributed by atoms with van der Waals surface area (Å²) in [7, 11) is 3.94. The molecule has 3 nitrogen and oxygen atoms in total. The summed E-state index contributed by atoms with van der Waals surface area (Å²) in [6.45, 7) is 2.76. The maximum Gasteiger partial charge on any atom is 0.242 e. The molecule has 0 aliphatic carbocycles. The summed E-state index contributed by atoms with van der Waals surface area (Å²) in [6.07, 6.45) is 0. The van der Waals surface area contributed by atoms with Gasteiger partial charge in [0, 0.05) is 12.6 Å². The Morgan fingerprint density at radius 2 is 1.94 bits per heavy atom. The minimum atomic E-state index is -0.624. The number of nitrogens with zero attached hydrogens (tertiary/aromatic N) is 1. The van der Waals surface area contributed by atoms with Crippen molar-refractivity contribution in [1.82, 2.24) is 10.2 Å². The van der Waals surface area contributed by atoms with Crippen LogP contribution in [0.4, 0.5) is 0 Å². The molecular formula is C13H19ClN2O. The Balaban J connectivity index is 2.53. The van der Waals surface area contributed by atoms with E-state index in [0.29, 0.717) is 0 Å². The Morgan fingerprint density at radius 3 is 2.47 bits per heavy atom. The zero-order valence-electron chi connectivity index (χ0n) is 10.5. The van der Waals surface area contributed by atoms with Crippen molar-refractivity contribution in [2.45, 2.75) is 18.3 Å². The highest BCUT2D eigenvalue weighted by molar-refractivity contribution is 6.30. The van der Waals surface area contributed by atoms with E-state index in [9.17, 15) is 4.79 Å². The van der Waals surface area contributed by atoms with Gasteiger partial charge in [0.25, 0.3) is 0 Å². The smallest absolute Gasteiger partial charge is 0.242 e. The second kappa shape index (κ2) is 6.62. The average Bonchev–Trinajstić information content (AvgIpc) is 2.28. The SMILES string of the molecule is CC(CN(C)C)NC(=O)C(Cl)c1ccccc1. The van der Waals surface area contributed by atoms with E-state index in [0.717, 1.165) is 12.1 Å². The van der Waals surface area contributed by atoms with Crippen molar-refractivity contribution in [1.29, 1.82) is 0 Å². The van der Waals surface area contributed by atoms with Crippen molar-refractivity contribution in [3.63, 3.8) is 0 Å². The van der Waals surface area contributed by atoms with Gasteiger partial charge in [0.15, 0.2) is 0 Å². The van der Waals surface area contributed by atoms with Crippen LogP contribution < -0.4 is 5.32 Å². The average molecular weight is 255 g/mol. The molecule has 2 atom stereocenters. The molecular weight excluding hydrogens is 236 g/mol. The largest absolute Gasteiger partial charge is 0.351 e. The summed E-state index contributed by atoms with van der Waals surface area (Å²) >= 11 is 6.11. The summed E-state index contributed by atoms with van der Waals surface area (Å²) < 4.78 is 0. The lowest BCUT2D eigenvalue weighted by atomic mass is 10.1. The van der Waals surface area contributed by atoms with Gasteiger partial charge in [-0.1, -0.05) is 30.3 Å². The fourth-order valence-corrected chi connectivity index (χ4v) is 1.89. The van der Waals surface area contributed by atoms with Gasteiger partial charge in [-0.05, 0) is 26.6 Å². The van der Waals surface area contributed by atoms with Crippen LogP contribution in [-0.2, 0) is 4.79 Å². The fraction of sp³-hybridized carbons (Fsp3) is 0.462. The molecule has 0 bridgehead atoms. The number of nitrogens with one attached hydrogen (secondary N) is 1. The predicted octanol–water partition coefficient (Wildman–Crippen LogP) is 2.03. The number of amides is 1. The monoisotopic (exact) mass is 254 g/mol. The lowest BCUT2D eigenvalue weighted by molar-refractivity contribution is -0.121. The highest BCUT2D eigenvalue weighted by atomic mass is 35.5. The second-order valence-corrected chi connectivity index (χ2v) is 4.88. The molecule has 0 radical (unpaired) electrons. The quantitative estimate of drug-likeness (QED) is 0.816. The standard InChI is InChI=1S/C13H19ClN2O/c1-10(9-16(2)3)15-13(17)12(14)11-7-5-4-6-8-11/h4-8,10,12H,9H2,1-3H3,(H,15,17). The Kier molecular flexibility index (Phi) is 5.45. The van der Waals surface area contributed by atoms with E-state index in [1.807, 2.05) is 56.3 Å². The molecule has 0 heterocycles. The number of halogens is 1. The molecule has 1 aromatic carbocycles. The minimum absolute atomic E-state index is 0.0856. The maximum absolute atomic E-state index is 11.9. The van der Waals surface area contributed by atoms with E-state index in [4.69, 9.17) is 11.6 Å². The Hall–Kier alpha value is -1.06. The normalized spacial score (nSPS) is 14.4. The van der Waals surface area contributed by atoms with Gasteiger partial charge >= 0.3 is 0 Å². The van der Waals surface area contributed by atoms with Gasteiger partial charge in [0.2, 0.25) is 5.91 Å². The molecule has 0 saturated heterocycles. The molecule has 0 saturated carbocycles. The van der Waals surface area contributed by atoms with Gasteiger partial charge in [-0.25, -0.2) is 0 Å². The number of rotatable bonds is 5. The van der Waals surface area contributed by atoms with Gasteiger partial charge in [0.05, 0.1) is 0 Å². The molecule has 94 valence electrons. The maximum atomic E-state index is 11.9. The highest BCUT2D eigenvalue weighted by Gasteiger charge is 2.18. The van der Waals surface area contributed by atoms with Crippen molar-refractivity contribution in [2.24, 2.45) is 0 Å². The first kappa shape index (κ1) is 14.0. The van der Waals surface area contributed by atoms with Crippen LogP contribution in [0.1, 0.15) is 17.9 Å². The fourth-order valence-electron chi connectivity index (χ4n) is 1.68. The second-order valence-electron chi connectivity index (χ2n) is 4.45. The number of alkyl halides is 1. The molecule has 1 amide bonds. The van der Waals surface area contributed by atoms with Gasteiger partial charge in [0.1, 0.15) is 5.38 Å². The molecule has 0 aromatic heterocycles. The van der Waals surface area contributed by atoms with Crippen molar-refractivity contribution < 1.29 is 4.79 Å². The van der Waals surface area contributed by atoms with Gasteiger partial charge in [-0.2, -0.15) is 0 Å². The molecule has 17 heavy (non-hydrogen) atoms. The van der Waals surface area contributed by atoms with Crippen molar-refractivity contribution in [2.75, 3.05) is 20.6 Å². The molecule has 2 unspecified atom stereocenters. The van der Waals surface area contributed by atoms with Crippen molar-refractivity contribution in [3.05, 3.63) is 35.9 Å². The van der Waals surface area contributed by atoms with E-state index in [2.05, 4.69) is 5.32 Å². The first-order valence-corrected chi connectivity index (χ1v) is 6.08. The zero-order chi connectivity index (χ0) is 12.8. The van der Waals surface area contributed by atoms with Crippen molar-refractivity contribution >= 4 is 17.5 Å². The number of carbonyl (C=O) groups is 1. The third-order valence-electron chi connectivity index (χ3n) is 2.35. The third-order valence-corrected chi connectivity index (χ3v) is 2.80. The highest BCUT2D eigenvalue weighted by Crippen LogP contribution is 2.19. The molecule has 4 heteroatoms. The van der Waals surface area contributed by atoms with Crippen LogP contribution in [0.2, 0.25) is 0 Å². The molecule has 0 aliphatic rings. The molecule has 1 N–H and O–H groups in total. The zero-order valence-corrected chi connectivity index (χ0v) is 11.2. The summed E-state index contributed by atoms with van der Waals surface area (Å²) in [6, 6.07) is 9.45. The van der Waals surface area contributed by atoms with Crippen LogP contribution >= 0.6 is 11.6 Å². The van der Waals surface area contributed by atoms with Crippen LogP contribution in [0.5, 0.6) is 0 Å². The van der Waals surface area contributed by atoms with E-state index in [-0.39, 0.29) is 11.9 Å². The van der Waals surface area contributed by atoms with Crippen LogP contribution in [0.15, 0.2) is 30.3 Å². The third kappa shape index (κ3) is 4.75. The number of hydrogen-bond donors (Lipinski definition) is 1. The van der Waals surface area contributed by atoms with Gasteiger partial charge in [-0.3, -0.25) is 4.79 Å². The molecule has 1 rings (SSSR count). The van der Waals surface area contributed by atoms with Crippen molar-refractivity contribution in [3.8, 4) is 0 Å². The Bertz CT molecular complexity index is 354. The van der Waals surface area contributed by atoms with E-state index in [1.54, 1.807) is 0 Å². The molecule has 0 aliphatic heterocycles. The van der Waals surface area contributed by atoms with Gasteiger partial charge < -0.3 is 10.2 Å². The number of benzene rings is 1. The molecule has 0 spiro atoms. The number of carbonyl (C=O) groups excluding carboxylic acids is 1. The van der Waals surface area contributed by atoms with E-state index >= 15 is 0 Å². The summed E-state index contributed by atoms with van der Waals surface area (Å²) in [5.74, 6) is -0.146. The summed E-state index contributed by atoms with van der Waals surface area (Å²) in [4.78, 5) is 13.9. The summed E-state index contributed by atoms with van der Waals surface area (Å²) in [5, 5.41) is 2.27. The number of likely N-dealkylation sites (N-methyl/N-ethyl adjacent to an activating group) is 1. The topological polar surface area (TPSA) is 32.3 Å². The minimum Gasteiger partial charge on any atom is -0.351 e. The van der Waals surface area contributed by atoms with E-state index < -0.39 is 5.38 Å². The van der Waals surface area contributed by atoms with Crippen LogP contribution in [0.25, 0.3) is 0 Å². The lowest BCUT2D eigenvalue weighted by Gasteiger charge is -2.20. The first-order chi connectivity index (χ1) is 8.00. The van der Waals surface area contributed by atoms with Crippen LogP contribution in [-0.4, -0.2) is 37.5 Å². The number of hydrogen-bond acceptors (Lipinski definition) is 2. The predicted molar refractivity (Wildman–Crippen MR) is 71.2 cm³/mol. The first-order valence-electron chi connectivity index (χ1n) is 5.65. The van der Waals surface area contributed by atoms with E-state index in [1.165, 1.54) is 0 Å². The van der Waals surface area contributed by atoms with Crippen LogP contribution in [0, 0.1) is 0 Å². The lowest BCUT2D eigenvalue weighted by Crippen LogP contribution is -2.40. The summed E-state index contributed by atoms with van der Waals surface area (Å²) in [5.41, 5.74) is 0.823. The molecule has 0 fully saturated rings. The van der Waals surface area contributed by atoms with Crippen LogP contribution in [0.3, 0.4) is 0 Å².